The first-order chi connectivity index (χ1) is 7.77. The Hall–Kier alpha value is -0.120. The van der Waals surface area contributed by atoms with Gasteiger partial charge in [-0.05, 0) is 39.2 Å². The van der Waals surface area contributed by atoms with Gasteiger partial charge in [-0.25, -0.2) is 0 Å². The zero-order valence-electron chi connectivity index (χ0n) is 11.2. The van der Waals surface area contributed by atoms with Crippen LogP contribution < -0.4 is 5.32 Å². The van der Waals surface area contributed by atoms with Crippen molar-refractivity contribution in [3.63, 3.8) is 0 Å². The van der Waals surface area contributed by atoms with Crippen LogP contribution in [0.2, 0.25) is 0 Å². The zero-order chi connectivity index (χ0) is 11.8. The van der Waals surface area contributed by atoms with E-state index in [2.05, 4.69) is 31.0 Å². The molecule has 0 radical (unpaired) electrons. The Labute approximate surface area is 101 Å². The van der Waals surface area contributed by atoms with E-state index >= 15 is 0 Å². The number of rotatable bonds is 10. The summed E-state index contributed by atoms with van der Waals surface area (Å²) in [6.45, 7) is 12.7. The summed E-state index contributed by atoms with van der Waals surface area (Å²) >= 11 is 0. The Morgan fingerprint density at radius 3 is 2.62 bits per heavy atom. The van der Waals surface area contributed by atoms with Crippen molar-refractivity contribution in [2.24, 2.45) is 5.92 Å². The van der Waals surface area contributed by atoms with E-state index in [1.807, 2.05) is 0 Å². The molecule has 0 heterocycles. The molecule has 1 unspecified atom stereocenters. The Morgan fingerprint density at radius 1 is 1.31 bits per heavy atom. The van der Waals surface area contributed by atoms with Gasteiger partial charge in [0.15, 0.2) is 0 Å². The second kappa shape index (κ2) is 8.04. The molecule has 0 saturated heterocycles. The minimum absolute atomic E-state index is 0.714. The number of likely N-dealkylation sites (N-methyl/N-ethyl adjacent to an activating group) is 1. The number of nitrogens with one attached hydrogen (secondary N) is 1. The third-order valence-electron chi connectivity index (χ3n) is 3.43. The molecular weight excluding hydrogens is 200 g/mol. The predicted molar refractivity (Wildman–Crippen MR) is 68.8 cm³/mol. The van der Waals surface area contributed by atoms with Crippen LogP contribution in [0.1, 0.15) is 33.6 Å². The minimum atomic E-state index is 0.714. The van der Waals surface area contributed by atoms with Gasteiger partial charge in [0.05, 0.1) is 6.61 Å². The van der Waals surface area contributed by atoms with Gasteiger partial charge in [0.2, 0.25) is 0 Å². The van der Waals surface area contributed by atoms with Crippen LogP contribution >= 0.6 is 0 Å². The van der Waals surface area contributed by atoms with Crippen molar-refractivity contribution in [2.45, 2.75) is 39.7 Å². The normalized spacial score (nSPS) is 18.0. The first kappa shape index (κ1) is 13.9. The average Bonchev–Trinajstić information content (AvgIpc) is 3.10. The van der Waals surface area contributed by atoms with E-state index in [0.29, 0.717) is 6.04 Å². The molecule has 16 heavy (non-hydrogen) atoms. The quantitative estimate of drug-likeness (QED) is 0.576. The highest BCUT2D eigenvalue weighted by atomic mass is 16.5. The minimum Gasteiger partial charge on any atom is -0.380 e. The first-order valence-electron chi connectivity index (χ1n) is 6.81. The maximum atomic E-state index is 5.38. The first-order valence-corrected chi connectivity index (χ1v) is 6.81. The highest BCUT2D eigenvalue weighted by molar-refractivity contribution is 4.83. The highest BCUT2D eigenvalue weighted by Gasteiger charge is 2.27. The number of hydrogen-bond acceptors (Lipinski definition) is 3. The molecule has 0 aromatic rings. The molecule has 1 rings (SSSR count). The molecule has 0 aromatic heterocycles. The summed E-state index contributed by atoms with van der Waals surface area (Å²) in [4.78, 5) is 2.45. The van der Waals surface area contributed by atoms with Crippen molar-refractivity contribution < 1.29 is 4.74 Å². The molecule has 3 heteroatoms. The predicted octanol–water partition coefficient (Wildman–Crippen LogP) is 1.73. The number of hydrogen-bond donors (Lipinski definition) is 1. The number of nitrogens with zero attached hydrogens (tertiary/aromatic N) is 1. The second-order valence-electron chi connectivity index (χ2n) is 4.71. The van der Waals surface area contributed by atoms with Crippen LogP contribution in [0.3, 0.4) is 0 Å². The molecule has 0 spiro atoms. The Bertz CT molecular complexity index is 171. The average molecular weight is 228 g/mol. The Morgan fingerprint density at radius 2 is 2.06 bits per heavy atom. The van der Waals surface area contributed by atoms with Crippen LogP contribution in [0.25, 0.3) is 0 Å². The molecule has 0 amide bonds. The second-order valence-corrected chi connectivity index (χ2v) is 4.71. The molecule has 1 fully saturated rings. The summed E-state index contributed by atoms with van der Waals surface area (Å²) in [6, 6.07) is 0.714. The van der Waals surface area contributed by atoms with Crippen LogP contribution in [-0.2, 0) is 4.74 Å². The maximum absolute atomic E-state index is 5.38. The molecule has 96 valence electrons. The largest absolute Gasteiger partial charge is 0.380 e. The molecule has 0 aromatic carbocycles. The van der Waals surface area contributed by atoms with E-state index in [1.54, 1.807) is 0 Å². The van der Waals surface area contributed by atoms with Crippen LogP contribution in [0.15, 0.2) is 0 Å². The van der Waals surface area contributed by atoms with Gasteiger partial charge in [-0.2, -0.15) is 0 Å². The fourth-order valence-electron chi connectivity index (χ4n) is 1.98. The molecule has 1 aliphatic rings. The summed E-state index contributed by atoms with van der Waals surface area (Å²) in [5.41, 5.74) is 0. The zero-order valence-corrected chi connectivity index (χ0v) is 11.2. The van der Waals surface area contributed by atoms with Crippen molar-refractivity contribution >= 4 is 0 Å². The van der Waals surface area contributed by atoms with Crippen molar-refractivity contribution in [1.29, 1.82) is 0 Å². The van der Waals surface area contributed by atoms with E-state index < -0.39 is 0 Å². The van der Waals surface area contributed by atoms with Gasteiger partial charge >= 0.3 is 0 Å². The summed E-state index contributed by atoms with van der Waals surface area (Å²) in [5.74, 6) is 0.957. The van der Waals surface area contributed by atoms with E-state index in [-0.39, 0.29) is 0 Å². The Balaban J connectivity index is 1.98. The third-order valence-corrected chi connectivity index (χ3v) is 3.43. The monoisotopic (exact) mass is 228 g/mol. The number of ether oxygens (including phenoxy) is 1. The summed E-state index contributed by atoms with van der Waals surface area (Å²) in [6.07, 6.45) is 2.85. The van der Waals surface area contributed by atoms with Crippen molar-refractivity contribution in [3.8, 4) is 0 Å². The molecule has 1 aliphatic carbocycles. The van der Waals surface area contributed by atoms with Gasteiger partial charge in [-0.1, -0.05) is 6.92 Å². The van der Waals surface area contributed by atoms with Gasteiger partial charge in [-0.15, -0.1) is 0 Å². The summed E-state index contributed by atoms with van der Waals surface area (Å²) in [7, 11) is 0. The van der Waals surface area contributed by atoms with Gasteiger partial charge in [0.1, 0.15) is 0 Å². The topological polar surface area (TPSA) is 24.5 Å². The van der Waals surface area contributed by atoms with E-state index in [4.69, 9.17) is 4.74 Å². The molecule has 3 nitrogen and oxygen atoms in total. The lowest BCUT2D eigenvalue weighted by molar-refractivity contribution is 0.115. The molecule has 0 bridgehead atoms. The van der Waals surface area contributed by atoms with Crippen molar-refractivity contribution in [2.75, 3.05) is 39.4 Å². The lowest BCUT2D eigenvalue weighted by Gasteiger charge is -2.21. The summed E-state index contributed by atoms with van der Waals surface area (Å²) in [5, 5.41) is 3.62. The molecule has 0 aliphatic heterocycles. The molecule has 1 N–H and O–H groups in total. The van der Waals surface area contributed by atoms with E-state index in [9.17, 15) is 0 Å². The van der Waals surface area contributed by atoms with Gasteiger partial charge in [-0.3, -0.25) is 0 Å². The highest BCUT2D eigenvalue weighted by Crippen LogP contribution is 2.32. The standard InChI is InChI=1S/C13H28N2O/c1-4-15(10-11-16-5-2)9-8-14-12(3)13-6-7-13/h12-14H,4-11H2,1-3H3. The van der Waals surface area contributed by atoms with Crippen molar-refractivity contribution in [3.05, 3.63) is 0 Å². The molecule has 1 saturated carbocycles. The van der Waals surface area contributed by atoms with Crippen LogP contribution in [0.4, 0.5) is 0 Å². The maximum Gasteiger partial charge on any atom is 0.0593 e. The Kier molecular flexibility index (Phi) is 7.01. The van der Waals surface area contributed by atoms with E-state index in [0.717, 1.165) is 45.3 Å². The van der Waals surface area contributed by atoms with Crippen LogP contribution in [-0.4, -0.2) is 50.3 Å². The SMILES string of the molecule is CCOCCN(CC)CCNC(C)C1CC1. The van der Waals surface area contributed by atoms with Gasteiger partial charge in [0.25, 0.3) is 0 Å². The molecule has 1 atom stereocenters. The lowest BCUT2D eigenvalue weighted by Crippen LogP contribution is -2.38. The molecular formula is C13H28N2O. The van der Waals surface area contributed by atoms with Crippen LogP contribution in [0.5, 0.6) is 0 Å². The third kappa shape index (κ3) is 5.83. The van der Waals surface area contributed by atoms with Gasteiger partial charge in [0, 0.05) is 32.3 Å². The van der Waals surface area contributed by atoms with Gasteiger partial charge < -0.3 is 15.0 Å². The fraction of sp³-hybridized carbons (Fsp3) is 1.00. The van der Waals surface area contributed by atoms with Crippen LogP contribution in [0, 0.1) is 5.92 Å². The lowest BCUT2D eigenvalue weighted by atomic mass is 10.2. The van der Waals surface area contributed by atoms with Crippen molar-refractivity contribution in [1.82, 2.24) is 10.2 Å². The van der Waals surface area contributed by atoms with E-state index in [1.165, 1.54) is 12.8 Å². The smallest absolute Gasteiger partial charge is 0.0593 e. The fourth-order valence-corrected chi connectivity index (χ4v) is 1.98. The summed E-state index contributed by atoms with van der Waals surface area (Å²) < 4.78 is 5.38.